The topological polar surface area (TPSA) is 26.0 Å². The van der Waals surface area contributed by atoms with E-state index >= 15 is 0 Å². The zero-order valence-electron chi connectivity index (χ0n) is 7.80. The maximum absolute atomic E-state index is 14.2. The van der Waals surface area contributed by atoms with Gasteiger partial charge in [0, 0.05) is 21.8 Å². The van der Waals surface area contributed by atoms with E-state index in [0.717, 1.165) is 15.8 Å². The van der Waals surface area contributed by atoms with Gasteiger partial charge in [-0.2, -0.15) is 0 Å². The summed E-state index contributed by atoms with van der Waals surface area (Å²) in [4.78, 5) is 1.10. The maximum atomic E-state index is 14.2. The summed E-state index contributed by atoms with van der Waals surface area (Å²) in [6.45, 7) is 0. The molecule has 0 saturated heterocycles. The highest BCUT2D eigenvalue weighted by Crippen LogP contribution is 2.38. The van der Waals surface area contributed by atoms with Crippen molar-refractivity contribution in [3.8, 4) is 0 Å². The first-order chi connectivity index (χ1) is 6.59. The summed E-state index contributed by atoms with van der Waals surface area (Å²) in [7, 11) is 0. The molecule has 1 aliphatic rings. The number of thiophene rings is 1. The lowest BCUT2D eigenvalue weighted by atomic mass is 9.99. The van der Waals surface area contributed by atoms with E-state index in [4.69, 9.17) is 5.73 Å². The van der Waals surface area contributed by atoms with Crippen LogP contribution in [0.4, 0.5) is 4.39 Å². The fourth-order valence-electron chi connectivity index (χ4n) is 2.02. The minimum atomic E-state index is -1.06. The molecular weight excluding hydrogens is 265 g/mol. The van der Waals surface area contributed by atoms with Crippen molar-refractivity contribution in [2.45, 2.75) is 37.4 Å². The van der Waals surface area contributed by atoms with Gasteiger partial charge in [0.2, 0.25) is 0 Å². The molecule has 2 rings (SSSR count). The number of hydrogen-bond acceptors (Lipinski definition) is 2. The predicted molar refractivity (Wildman–Crippen MR) is 61.4 cm³/mol. The summed E-state index contributed by atoms with van der Waals surface area (Å²) in [6, 6.07) is 2.02. The van der Waals surface area contributed by atoms with E-state index < -0.39 is 5.67 Å². The molecule has 2 N–H and O–H groups in total. The zero-order valence-corrected chi connectivity index (χ0v) is 10.2. The minimum Gasteiger partial charge on any atom is -0.328 e. The molecule has 0 aliphatic heterocycles. The fourth-order valence-corrected chi connectivity index (χ4v) is 3.64. The fraction of sp³-hybridized carbons (Fsp3) is 0.600. The van der Waals surface area contributed by atoms with Gasteiger partial charge in [-0.3, -0.25) is 0 Å². The van der Waals surface area contributed by atoms with Crippen molar-refractivity contribution in [2.24, 2.45) is 5.73 Å². The first-order valence-electron chi connectivity index (χ1n) is 4.75. The van der Waals surface area contributed by atoms with Crippen molar-refractivity contribution in [3.05, 3.63) is 20.8 Å². The van der Waals surface area contributed by atoms with Gasteiger partial charge in [0.25, 0.3) is 0 Å². The molecule has 0 radical (unpaired) electrons. The van der Waals surface area contributed by atoms with Gasteiger partial charge in [0.1, 0.15) is 5.67 Å². The Bertz CT molecular complexity index is 328. The van der Waals surface area contributed by atoms with Crippen molar-refractivity contribution in [1.29, 1.82) is 0 Å². The molecule has 2 unspecified atom stereocenters. The maximum Gasteiger partial charge on any atom is 0.117 e. The SMILES string of the molecule is NC1CCC(F)(Cc2sccc2Br)C1. The number of halogens is 2. The zero-order chi connectivity index (χ0) is 10.2. The van der Waals surface area contributed by atoms with Crippen LogP contribution < -0.4 is 5.73 Å². The lowest BCUT2D eigenvalue weighted by molar-refractivity contribution is 0.171. The van der Waals surface area contributed by atoms with Crippen LogP contribution in [0.2, 0.25) is 0 Å². The second-order valence-electron chi connectivity index (χ2n) is 4.02. The third-order valence-electron chi connectivity index (χ3n) is 2.76. The second-order valence-corrected chi connectivity index (χ2v) is 5.88. The standard InChI is InChI=1S/C10H13BrFNS/c11-8-2-4-14-9(8)6-10(12)3-1-7(13)5-10/h2,4,7H,1,3,5-6,13H2. The molecule has 0 amide bonds. The van der Waals surface area contributed by atoms with E-state index in [1.54, 1.807) is 11.3 Å². The van der Waals surface area contributed by atoms with Gasteiger partial charge in [-0.15, -0.1) is 11.3 Å². The molecule has 14 heavy (non-hydrogen) atoms. The van der Waals surface area contributed by atoms with E-state index in [2.05, 4.69) is 15.9 Å². The lowest BCUT2D eigenvalue weighted by Gasteiger charge is -2.18. The highest BCUT2D eigenvalue weighted by Gasteiger charge is 2.38. The molecule has 0 aromatic carbocycles. The molecule has 0 bridgehead atoms. The molecule has 1 aromatic heterocycles. The van der Waals surface area contributed by atoms with E-state index in [0.29, 0.717) is 19.3 Å². The Kier molecular flexibility index (Phi) is 2.96. The van der Waals surface area contributed by atoms with Crippen LogP contribution in [0.5, 0.6) is 0 Å². The summed E-state index contributed by atoms with van der Waals surface area (Å²) in [5.41, 5.74) is 4.67. The van der Waals surface area contributed by atoms with Crippen LogP contribution in [0.1, 0.15) is 24.1 Å². The third-order valence-corrected chi connectivity index (χ3v) is 4.69. The van der Waals surface area contributed by atoms with Crippen LogP contribution in [0.25, 0.3) is 0 Å². The molecule has 4 heteroatoms. The van der Waals surface area contributed by atoms with Crippen molar-refractivity contribution < 1.29 is 4.39 Å². The highest BCUT2D eigenvalue weighted by molar-refractivity contribution is 9.10. The van der Waals surface area contributed by atoms with Gasteiger partial charge in [0.05, 0.1) is 0 Å². The molecule has 2 atom stereocenters. The first kappa shape index (κ1) is 10.6. The summed E-state index contributed by atoms with van der Waals surface area (Å²) in [6.07, 6.45) is 2.45. The van der Waals surface area contributed by atoms with Gasteiger partial charge >= 0.3 is 0 Å². The molecule has 1 saturated carbocycles. The highest BCUT2D eigenvalue weighted by atomic mass is 79.9. The normalized spacial score (nSPS) is 32.4. The van der Waals surface area contributed by atoms with E-state index in [9.17, 15) is 4.39 Å². The largest absolute Gasteiger partial charge is 0.328 e. The summed E-state index contributed by atoms with van der Waals surface area (Å²) in [5, 5.41) is 1.98. The van der Waals surface area contributed by atoms with Crippen molar-refractivity contribution in [1.82, 2.24) is 0 Å². The Morgan fingerprint density at radius 2 is 2.50 bits per heavy atom. The van der Waals surface area contributed by atoms with Gasteiger partial charge in [-0.1, -0.05) is 0 Å². The predicted octanol–water partition coefficient (Wildman–Crippen LogP) is 3.27. The van der Waals surface area contributed by atoms with Crippen LogP contribution in [0, 0.1) is 0 Å². The Morgan fingerprint density at radius 1 is 1.71 bits per heavy atom. The Balaban J connectivity index is 2.07. The molecule has 1 aromatic rings. The van der Waals surface area contributed by atoms with Crippen molar-refractivity contribution >= 4 is 27.3 Å². The Labute approximate surface area is 95.6 Å². The molecule has 1 heterocycles. The van der Waals surface area contributed by atoms with Gasteiger partial charge < -0.3 is 5.73 Å². The van der Waals surface area contributed by atoms with Crippen LogP contribution >= 0.6 is 27.3 Å². The smallest absolute Gasteiger partial charge is 0.117 e. The van der Waals surface area contributed by atoms with Gasteiger partial charge in [0.15, 0.2) is 0 Å². The molecule has 78 valence electrons. The lowest BCUT2D eigenvalue weighted by Crippen LogP contribution is -2.25. The third kappa shape index (κ3) is 2.18. The first-order valence-corrected chi connectivity index (χ1v) is 6.43. The number of rotatable bonds is 2. The molecule has 1 fully saturated rings. The molecular formula is C10H13BrFNS. The monoisotopic (exact) mass is 277 g/mol. The van der Waals surface area contributed by atoms with Crippen LogP contribution in [-0.4, -0.2) is 11.7 Å². The molecule has 1 aliphatic carbocycles. The average molecular weight is 278 g/mol. The number of alkyl halides is 1. The van der Waals surface area contributed by atoms with E-state index in [1.807, 2.05) is 11.4 Å². The van der Waals surface area contributed by atoms with Gasteiger partial charge in [-0.05, 0) is 46.6 Å². The quantitative estimate of drug-likeness (QED) is 0.882. The summed E-state index contributed by atoms with van der Waals surface area (Å²) < 4.78 is 15.2. The van der Waals surface area contributed by atoms with Crippen LogP contribution in [-0.2, 0) is 6.42 Å². The van der Waals surface area contributed by atoms with Crippen LogP contribution in [0.3, 0.4) is 0 Å². The summed E-state index contributed by atoms with van der Waals surface area (Å²) >= 11 is 5.03. The second kappa shape index (κ2) is 3.91. The number of nitrogens with two attached hydrogens (primary N) is 1. The van der Waals surface area contributed by atoms with E-state index in [1.165, 1.54) is 0 Å². The van der Waals surface area contributed by atoms with Crippen LogP contribution in [0.15, 0.2) is 15.9 Å². The minimum absolute atomic E-state index is 0.0544. The summed E-state index contributed by atoms with van der Waals surface area (Å²) in [5.74, 6) is 0. The molecule has 1 nitrogen and oxygen atoms in total. The average Bonchev–Trinajstić information content (AvgIpc) is 2.62. The number of hydrogen-bond donors (Lipinski definition) is 1. The Morgan fingerprint density at radius 3 is 3.00 bits per heavy atom. The van der Waals surface area contributed by atoms with Gasteiger partial charge in [-0.25, -0.2) is 4.39 Å². The Hall–Kier alpha value is 0.0700. The molecule has 0 spiro atoms. The van der Waals surface area contributed by atoms with Crippen molar-refractivity contribution in [3.63, 3.8) is 0 Å². The van der Waals surface area contributed by atoms with Crippen molar-refractivity contribution in [2.75, 3.05) is 0 Å². The van der Waals surface area contributed by atoms with E-state index in [-0.39, 0.29) is 6.04 Å².